The third-order valence-corrected chi connectivity index (χ3v) is 2.64. The van der Waals surface area contributed by atoms with E-state index in [0.717, 1.165) is 12.3 Å². The normalized spacial score (nSPS) is 17.5. The smallest absolute Gasteiger partial charge is 0.00860 e. The highest BCUT2D eigenvalue weighted by Gasteiger charge is 2.11. The fraction of sp³-hybridized carbons (Fsp3) is 0.818. The Hall–Kier alpha value is -0.190. The van der Waals surface area contributed by atoms with Crippen LogP contribution in [0.3, 0.4) is 0 Å². The Morgan fingerprint density at radius 3 is 2.54 bits per heavy atom. The van der Waals surface area contributed by atoms with Crippen LogP contribution < -0.4 is 5.32 Å². The van der Waals surface area contributed by atoms with Crippen LogP contribution in [-0.4, -0.2) is 13.1 Å². The van der Waals surface area contributed by atoms with Crippen molar-refractivity contribution in [2.24, 2.45) is 5.92 Å². The zero-order valence-electron chi connectivity index (χ0n) is 8.22. The van der Waals surface area contributed by atoms with Gasteiger partial charge in [0.1, 0.15) is 0 Å². The van der Waals surface area contributed by atoms with Gasteiger partial charge in [-0.2, -0.15) is 0 Å². The van der Waals surface area contributed by atoms with Crippen LogP contribution in [0.2, 0.25) is 0 Å². The molecular formula is C11H20ClN. The van der Waals surface area contributed by atoms with Crippen LogP contribution >= 0.6 is 12.4 Å². The quantitative estimate of drug-likeness (QED) is 0.545. The number of hydrogen-bond donors (Lipinski definition) is 1. The van der Waals surface area contributed by atoms with Crippen molar-refractivity contribution < 1.29 is 0 Å². The first kappa shape index (κ1) is 12.8. The standard InChI is InChI=1S/C11H19N.ClH/c1-2-3-4-5-6-11-7-9-12-10-8-11;/h1,11-12H,3-10H2;1H. The molecule has 1 rings (SSSR count). The van der Waals surface area contributed by atoms with Gasteiger partial charge in [0, 0.05) is 6.42 Å². The van der Waals surface area contributed by atoms with Crippen molar-refractivity contribution in [2.75, 3.05) is 13.1 Å². The molecule has 1 nitrogen and oxygen atoms in total. The highest BCUT2D eigenvalue weighted by Crippen LogP contribution is 2.18. The van der Waals surface area contributed by atoms with E-state index in [1.165, 1.54) is 45.2 Å². The third-order valence-electron chi connectivity index (χ3n) is 2.64. The summed E-state index contributed by atoms with van der Waals surface area (Å²) >= 11 is 0. The van der Waals surface area contributed by atoms with E-state index in [4.69, 9.17) is 6.42 Å². The van der Waals surface area contributed by atoms with Gasteiger partial charge in [-0.3, -0.25) is 0 Å². The summed E-state index contributed by atoms with van der Waals surface area (Å²) in [4.78, 5) is 0. The van der Waals surface area contributed by atoms with Gasteiger partial charge in [-0.25, -0.2) is 0 Å². The van der Waals surface area contributed by atoms with Crippen LogP contribution in [0, 0.1) is 18.3 Å². The summed E-state index contributed by atoms with van der Waals surface area (Å²) in [5, 5.41) is 3.38. The van der Waals surface area contributed by atoms with Gasteiger partial charge in [0.05, 0.1) is 0 Å². The van der Waals surface area contributed by atoms with E-state index in [1.54, 1.807) is 0 Å². The molecule has 0 amide bonds. The minimum absolute atomic E-state index is 0. The summed E-state index contributed by atoms with van der Waals surface area (Å²) in [6.45, 7) is 2.44. The summed E-state index contributed by atoms with van der Waals surface area (Å²) in [5.41, 5.74) is 0. The van der Waals surface area contributed by atoms with E-state index in [2.05, 4.69) is 11.2 Å². The van der Waals surface area contributed by atoms with E-state index in [9.17, 15) is 0 Å². The molecule has 0 aromatic heterocycles. The average molecular weight is 202 g/mol. The molecule has 1 fully saturated rings. The molecule has 0 aromatic rings. The topological polar surface area (TPSA) is 12.0 Å². The minimum atomic E-state index is 0. The van der Waals surface area contributed by atoms with Crippen molar-refractivity contribution >= 4 is 12.4 Å². The second-order valence-corrected chi connectivity index (χ2v) is 3.64. The summed E-state index contributed by atoms with van der Waals surface area (Å²) in [5.74, 6) is 3.67. The van der Waals surface area contributed by atoms with Crippen molar-refractivity contribution in [1.82, 2.24) is 5.32 Å². The number of rotatable bonds is 4. The summed E-state index contributed by atoms with van der Waals surface area (Å²) < 4.78 is 0. The van der Waals surface area contributed by atoms with E-state index >= 15 is 0 Å². The van der Waals surface area contributed by atoms with Gasteiger partial charge in [-0.1, -0.05) is 12.8 Å². The molecule has 1 saturated heterocycles. The van der Waals surface area contributed by atoms with Gasteiger partial charge in [-0.15, -0.1) is 24.8 Å². The monoisotopic (exact) mass is 201 g/mol. The van der Waals surface area contributed by atoms with Gasteiger partial charge in [0.2, 0.25) is 0 Å². The van der Waals surface area contributed by atoms with Gasteiger partial charge >= 0.3 is 0 Å². The molecule has 1 heterocycles. The molecule has 76 valence electrons. The molecule has 0 radical (unpaired) electrons. The second-order valence-electron chi connectivity index (χ2n) is 3.64. The van der Waals surface area contributed by atoms with Crippen molar-refractivity contribution in [3.8, 4) is 12.3 Å². The summed E-state index contributed by atoms with van der Waals surface area (Å²) in [6.07, 6.45) is 12.8. The number of halogens is 1. The zero-order chi connectivity index (χ0) is 8.65. The molecule has 2 heteroatoms. The third kappa shape index (κ3) is 5.96. The number of piperidine rings is 1. The van der Waals surface area contributed by atoms with Crippen molar-refractivity contribution in [3.05, 3.63) is 0 Å². The van der Waals surface area contributed by atoms with Gasteiger partial charge in [0.15, 0.2) is 0 Å². The Bertz CT molecular complexity index is 145. The zero-order valence-corrected chi connectivity index (χ0v) is 9.04. The Morgan fingerprint density at radius 1 is 1.23 bits per heavy atom. The first-order chi connectivity index (χ1) is 5.93. The number of terminal acetylenes is 1. The maximum absolute atomic E-state index is 5.19. The average Bonchev–Trinajstić information content (AvgIpc) is 2.14. The molecule has 1 N–H and O–H groups in total. The predicted octanol–water partition coefficient (Wildman–Crippen LogP) is 2.60. The Morgan fingerprint density at radius 2 is 1.92 bits per heavy atom. The van der Waals surface area contributed by atoms with Crippen molar-refractivity contribution in [2.45, 2.75) is 38.5 Å². The second kappa shape index (κ2) is 8.41. The maximum Gasteiger partial charge on any atom is 0.00860 e. The van der Waals surface area contributed by atoms with Crippen LogP contribution in [0.1, 0.15) is 38.5 Å². The highest BCUT2D eigenvalue weighted by molar-refractivity contribution is 5.85. The van der Waals surface area contributed by atoms with E-state index in [1.807, 2.05) is 0 Å². The number of nitrogens with one attached hydrogen (secondary N) is 1. The summed E-state index contributed by atoms with van der Waals surface area (Å²) in [6, 6.07) is 0. The van der Waals surface area contributed by atoms with Gasteiger partial charge in [0.25, 0.3) is 0 Å². The van der Waals surface area contributed by atoms with Crippen LogP contribution in [0.5, 0.6) is 0 Å². The van der Waals surface area contributed by atoms with Crippen LogP contribution in [0.4, 0.5) is 0 Å². The van der Waals surface area contributed by atoms with E-state index in [-0.39, 0.29) is 12.4 Å². The maximum atomic E-state index is 5.19. The number of unbranched alkanes of at least 4 members (excludes halogenated alkanes) is 2. The van der Waals surface area contributed by atoms with Gasteiger partial charge < -0.3 is 5.32 Å². The van der Waals surface area contributed by atoms with Crippen LogP contribution in [0.15, 0.2) is 0 Å². The SMILES string of the molecule is C#CCCCCC1CCNCC1.Cl. The number of hydrogen-bond acceptors (Lipinski definition) is 1. The molecule has 1 aliphatic rings. The Kier molecular flexibility index (Phi) is 8.29. The fourth-order valence-corrected chi connectivity index (χ4v) is 1.83. The molecule has 0 aromatic carbocycles. The molecule has 0 saturated carbocycles. The van der Waals surface area contributed by atoms with E-state index < -0.39 is 0 Å². The lowest BCUT2D eigenvalue weighted by Gasteiger charge is -2.22. The molecule has 0 spiro atoms. The fourth-order valence-electron chi connectivity index (χ4n) is 1.83. The van der Waals surface area contributed by atoms with Crippen molar-refractivity contribution in [3.63, 3.8) is 0 Å². The lowest BCUT2D eigenvalue weighted by Crippen LogP contribution is -2.27. The Balaban J connectivity index is 0.00000144. The molecule has 0 atom stereocenters. The van der Waals surface area contributed by atoms with Crippen LogP contribution in [-0.2, 0) is 0 Å². The Labute approximate surface area is 88.1 Å². The van der Waals surface area contributed by atoms with Gasteiger partial charge in [-0.05, 0) is 38.3 Å². The van der Waals surface area contributed by atoms with Crippen LogP contribution in [0.25, 0.3) is 0 Å². The molecule has 0 bridgehead atoms. The molecule has 0 unspecified atom stereocenters. The van der Waals surface area contributed by atoms with E-state index in [0.29, 0.717) is 0 Å². The highest BCUT2D eigenvalue weighted by atomic mass is 35.5. The van der Waals surface area contributed by atoms with Crippen molar-refractivity contribution in [1.29, 1.82) is 0 Å². The molecule has 0 aliphatic carbocycles. The lowest BCUT2D eigenvalue weighted by atomic mass is 9.92. The predicted molar refractivity (Wildman–Crippen MR) is 60.1 cm³/mol. The molecule has 1 aliphatic heterocycles. The molecular weight excluding hydrogens is 182 g/mol. The first-order valence-corrected chi connectivity index (χ1v) is 5.07. The first-order valence-electron chi connectivity index (χ1n) is 5.07. The molecule has 13 heavy (non-hydrogen) atoms. The minimum Gasteiger partial charge on any atom is -0.317 e. The summed E-state index contributed by atoms with van der Waals surface area (Å²) in [7, 11) is 0. The largest absolute Gasteiger partial charge is 0.317 e. The lowest BCUT2D eigenvalue weighted by molar-refractivity contribution is 0.344.